The van der Waals surface area contributed by atoms with Gasteiger partial charge in [-0.25, -0.2) is 17.2 Å². The monoisotopic (exact) mass is 571 g/mol. The molecule has 38 heavy (non-hydrogen) atoms. The summed E-state index contributed by atoms with van der Waals surface area (Å²) in [4.78, 5) is 29.9. The Balaban J connectivity index is 1.50. The minimum Gasteiger partial charge on any atom is -0.451 e. The third-order valence-electron chi connectivity index (χ3n) is 6.58. The Morgan fingerprint density at radius 2 is 1.63 bits per heavy atom. The molecule has 0 bridgehead atoms. The molecule has 2 saturated heterocycles. The number of nitrogens with two attached hydrogens (primary N) is 1. The van der Waals surface area contributed by atoms with Gasteiger partial charge in [0.2, 0.25) is 21.8 Å². The van der Waals surface area contributed by atoms with Crippen molar-refractivity contribution in [3.05, 3.63) is 53.1 Å². The first-order valence-corrected chi connectivity index (χ1v) is 13.7. The number of likely N-dealkylation sites (N-methyl/N-ethyl adjacent to an activating group) is 1. The summed E-state index contributed by atoms with van der Waals surface area (Å²) in [6, 6.07) is 5.55. The zero-order valence-electron chi connectivity index (χ0n) is 20.6. The zero-order valence-corrected chi connectivity index (χ0v) is 22.2. The van der Waals surface area contributed by atoms with Gasteiger partial charge in [0.1, 0.15) is 11.8 Å². The Morgan fingerprint density at radius 3 is 2.21 bits per heavy atom. The van der Waals surface area contributed by atoms with Crippen LogP contribution in [0.5, 0.6) is 11.5 Å². The first-order chi connectivity index (χ1) is 18.0. The highest BCUT2D eigenvalue weighted by molar-refractivity contribution is 7.89. The van der Waals surface area contributed by atoms with E-state index >= 15 is 0 Å². The molecule has 2 N–H and O–H groups in total. The van der Waals surface area contributed by atoms with Gasteiger partial charge in [-0.2, -0.15) is 4.31 Å². The molecular weight excluding hydrogens is 544 g/mol. The number of sulfonamides is 1. The summed E-state index contributed by atoms with van der Waals surface area (Å²) in [5.74, 6) is -4.44. The number of hydrogen-bond donors (Lipinski definition) is 1. The second-order valence-corrected chi connectivity index (χ2v) is 11.6. The fourth-order valence-corrected chi connectivity index (χ4v) is 6.08. The average Bonchev–Trinajstić information content (AvgIpc) is 2.88. The van der Waals surface area contributed by atoms with E-state index in [0.717, 1.165) is 17.4 Å². The van der Waals surface area contributed by atoms with Crippen molar-refractivity contribution < 1.29 is 31.5 Å². The maximum Gasteiger partial charge on any atom is 0.244 e. The molecule has 0 aromatic heterocycles. The zero-order chi connectivity index (χ0) is 27.6. The number of hydrogen-bond acceptors (Lipinski definition) is 7. The number of benzene rings is 2. The van der Waals surface area contributed by atoms with Gasteiger partial charge in [-0.3, -0.25) is 14.5 Å². The molecule has 10 nitrogen and oxygen atoms in total. The van der Waals surface area contributed by atoms with Crippen LogP contribution in [0.2, 0.25) is 5.02 Å². The second kappa shape index (κ2) is 11.5. The Labute approximate surface area is 224 Å². The van der Waals surface area contributed by atoms with Gasteiger partial charge in [-0.15, -0.1) is 0 Å². The average molecular weight is 572 g/mol. The summed E-state index contributed by atoms with van der Waals surface area (Å²) in [6.07, 6.45) is 0. The maximum absolute atomic E-state index is 14.8. The van der Waals surface area contributed by atoms with Crippen molar-refractivity contribution in [1.29, 1.82) is 0 Å². The summed E-state index contributed by atoms with van der Waals surface area (Å²) >= 11 is 5.80. The molecule has 2 aliphatic rings. The van der Waals surface area contributed by atoms with Crippen molar-refractivity contribution in [2.24, 2.45) is 5.73 Å². The molecule has 206 valence electrons. The van der Waals surface area contributed by atoms with E-state index in [9.17, 15) is 26.8 Å². The van der Waals surface area contributed by atoms with Gasteiger partial charge in [0.15, 0.2) is 17.4 Å². The normalized spacial score (nSPS) is 19.9. The van der Waals surface area contributed by atoms with Crippen molar-refractivity contribution in [3.8, 4) is 11.5 Å². The summed E-state index contributed by atoms with van der Waals surface area (Å²) < 4.78 is 62.4. The van der Waals surface area contributed by atoms with Crippen LogP contribution in [-0.2, 0) is 19.6 Å². The lowest BCUT2D eigenvalue weighted by atomic mass is 10.2. The number of carbonyl (C=O) groups is 2. The van der Waals surface area contributed by atoms with E-state index in [2.05, 4.69) is 4.90 Å². The van der Waals surface area contributed by atoms with Gasteiger partial charge < -0.3 is 20.3 Å². The van der Waals surface area contributed by atoms with Crippen LogP contribution in [-0.4, -0.2) is 105 Å². The van der Waals surface area contributed by atoms with Crippen molar-refractivity contribution in [2.45, 2.75) is 10.9 Å². The summed E-state index contributed by atoms with van der Waals surface area (Å²) in [7, 11) is -2.56. The van der Waals surface area contributed by atoms with E-state index in [1.807, 2.05) is 11.9 Å². The SMILES string of the molecule is CN1CCN(CC(=O)N2CCN(S(=O)(=O)c3cc(F)c(Oc4ccc(Cl)cc4)c(F)c3)[C@@H](C(N)=O)C2)CC1. The minimum absolute atomic E-state index is 0.00167. The van der Waals surface area contributed by atoms with Crippen molar-refractivity contribution >= 4 is 33.4 Å². The van der Waals surface area contributed by atoms with Gasteiger partial charge >= 0.3 is 0 Å². The van der Waals surface area contributed by atoms with Crippen LogP contribution in [0.1, 0.15) is 0 Å². The van der Waals surface area contributed by atoms with Gasteiger partial charge in [0.25, 0.3) is 0 Å². The third-order valence-corrected chi connectivity index (χ3v) is 8.72. The Kier molecular flexibility index (Phi) is 8.52. The molecule has 2 aromatic carbocycles. The largest absolute Gasteiger partial charge is 0.451 e. The van der Waals surface area contributed by atoms with Crippen LogP contribution >= 0.6 is 11.6 Å². The Hall–Kier alpha value is -2.84. The van der Waals surface area contributed by atoms with Crippen molar-refractivity contribution in [1.82, 2.24) is 19.0 Å². The minimum atomic E-state index is -4.55. The highest BCUT2D eigenvalue weighted by Gasteiger charge is 2.41. The number of nitrogens with zero attached hydrogens (tertiary/aromatic N) is 4. The Morgan fingerprint density at radius 1 is 1.03 bits per heavy atom. The molecule has 4 rings (SSSR count). The fraction of sp³-hybridized carbons (Fsp3) is 0.417. The van der Waals surface area contributed by atoms with Gasteiger partial charge in [0.05, 0.1) is 11.4 Å². The van der Waals surface area contributed by atoms with Crippen molar-refractivity contribution in [2.75, 3.05) is 59.4 Å². The highest BCUT2D eigenvalue weighted by Crippen LogP contribution is 2.32. The van der Waals surface area contributed by atoms with E-state index in [1.165, 1.54) is 29.2 Å². The predicted molar refractivity (Wildman–Crippen MR) is 135 cm³/mol. The first kappa shape index (κ1) is 28.2. The molecule has 0 spiro atoms. The maximum atomic E-state index is 14.8. The number of carbonyl (C=O) groups excluding carboxylic acids is 2. The molecule has 2 aromatic rings. The van der Waals surface area contributed by atoms with Gasteiger partial charge in [-0.05, 0) is 43.4 Å². The molecule has 0 unspecified atom stereocenters. The number of piperazine rings is 2. The highest BCUT2D eigenvalue weighted by atomic mass is 35.5. The molecule has 0 radical (unpaired) electrons. The number of rotatable bonds is 7. The lowest BCUT2D eigenvalue weighted by Gasteiger charge is -2.40. The van der Waals surface area contributed by atoms with Crippen LogP contribution in [0.15, 0.2) is 41.3 Å². The van der Waals surface area contributed by atoms with E-state index in [4.69, 9.17) is 22.1 Å². The lowest BCUT2D eigenvalue weighted by molar-refractivity contribution is -0.136. The summed E-state index contributed by atoms with van der Waals surface area (Å²) in [5.41, 5.74) is 5.50. The smallest absolute Gasteiger partial charge is 0.244 e. The second-order valence-electron chi connectivity index (χ2n) is 9.23. The molecule has 2 amide bonds. The third kappa shape index (κ3) is 6.24. The first-order valence-electron chi connectivity index (χ1n) is 11.9. The molecule has 2 aliphatic heterocycles. The number of ether oxygens (including phenoxy) is 1. The van der Waals surface area contributed by atoms with Crippen molar-refractivity contribution in [3.63, 3.8) is 0 Å². The van der Waals surface area contributed by atoms with E-state index in [-0.39, 0.29) is 37.8 Å². The molecule has 0 aliphatic carbocycles. The fourth-order valence-electron chi connectivity index (χ4n) is 4.35. The van der Waals surface area contributed by atoms with Crippen LogP contribution in [0.4, 0.5) is 8.78 Å². The molecule has 14 heteroatoms. The molecule has 2 fully saturated rings. The molecule has 0 saturated carbocycles. The predicted octanol–water partition coefficient (Wildman–Crippen LogP) is 1.34. The summed E-state index contributed by atoms with van der Waals surface area (Å²) in [5, 5.41) is 0.393. The molecular formula is C24H28ClF2N5O5S. The number of primary amides is 1. The van der Waals surface area contributed by atoms with E-state index in [0.29, 0.717) is 30.2 Å². The van der Waals surface area contributed by atoms with Crippen LogP contribution in [0.3, 0.4) is 0 Å². The summed E-state index contributed by atoms with van der Waals surface area (Å²) in [6.45, 7) is 2.67. The number of halogens is 3. The molecule has 1 atom stereocenters. The van der Waals surface area contributed by atoms with Gasteiger partial charge in [0, 0.05) is 50.8 Å². The lowest BCUT2D eigenvalue weighted by Crippen LogP contribution is -2.61. The number of amides is 2. The molecule has 2 heterocycles. The standard InChI is InChI=1S/C24H28ClF2N5O5S/c1-29-6-8-30(9-7-29)15-22(33)31-10-11-32(21(14-31)24(28)34)38(35,36)18-12-19(26)23(20(27)13-18)37-17-4-2-16(25)3-5-17/h2-5,12-13,21H,6-11,14-15H2,1H3,(H2,28,34)/t21-/m1/s1. The van der Waals surface area contributed by atoms with Gasteiger partial charge in [-0.1, -0.05) is 11.6 Å². The quantitative estimate of drug-likeness (QED) is 0.533. The van der Waals surface area contributed by atoms with E-state index in [1.54, 1.807) is 0 Å². The van der Waals surface area contributed by atoms with Crippen LogP contribution < -0.4 is 10.5 Å². The Bertz CT molecular complexity index is 1280. The van der Waals surface area contributed by atoms with Crippen LogP contribution in [0.25, 0.3) is 0 Å². The van der Waals surface area contributed by atoms with E-state index < -0.39 is 44.3 Å². The van der Waals surface area contributed by atoms with Crippen LogP contribution in [0, 0.1) is 11.6 Å². The topological polar surface area (TPSA) is 116 Å².